The summed E-state index contributed by atoms with van der Waals surface area (Å²) in [5.74, 6) is 1.10. The minimum atomic E-state index is -0.0439. The van der Waals surface area contributed by atoms with E-state index in [1.165, 1.54) is 12.8 Å². The fourth-order valence-corrected chi connectivity index (χ4v) is 4.66. The average molecular weight is 463 g/mol. The minimum absolute atomic E-state index is 0.0439. The molecule has 2 aliphatic rings. The van der Waals surface area contributed by atoms with Crippen molar-refractivity contribution in [2.75, 3.05) is 24.2 Å². The van der Waals surface area contributed by atoms with Gasteiger partial charge in [-0.1, -0.05) is 25.5 Å². The summed E-state index contributed by atoms with van der Waals surface area (Å²) in [4.78, 5) is 20.5. The maximum atomic E-state index is 13.7. The Labute approximate surface area is 203 Å². The molecular weight excluding hydrogens is 424 g/mol. The number of benzene rings is 1. The van der Waals surface area contributed by atoms with E-state index in [0.717, 1.165) is 71.0 Å². The van der Waals surface area contributed by atoms with Gasteiger partial charge in [-0.05, 0) is 65.0 Å². The summed E-state index contributed by atoms with van der Waals surface area (Å²) in [7, 11) is 1.86. The minimum Gasteiger partial charge on any atom is -0.387 e. The third-order valence-corrected chi connectivity index (χ3v) is 6.80. The first kappa shape index (κ1) is 24.0. The Hall–Kier alpha value is -3.09. The SMILES string of the molecule is CC.CNc1ccc(C)cc1C(=O)N1CCCC[C@H]1c1cc2nc(C)c(C)c(NC3CC3)n2n1. The lowest BCUT2D eigenvalue weighted by Gasteiger charge is -2.35. The van der Waals surface area contributed by atoms with Gasteiger partial charge in [0, 0.05) is 42.6 Å². The van der Waals surface area contributed by atoms with Crippen LogP contribution in [0.25, 0.3) is 5.65 Å². The summed E-state index contributed by atoms with van der Waals surface area (Å²) in [5, 5.41) is 11.8. The number of aromatic nitrogens is 3. The second kappa shape index (κ2) is 10.0. The number of nitrogens with zero attached hydrogens (tertiary/aromatic N) is 4. The number of likely N-dealkylation sites (tertiary alicyclic amines) is 1. The van der Waals surface area contributed by atoms with Crippen LogP contribution in [0.3, 0.4) is 0 Å². The van der Waals surface area contributed by atoms with Gasteiger partial charge in [0.2, 0.25) is 0 Å². The molecule has 0 unspecified atom stereocenters. The van der Waals surface area contributed by atoms with E-state index in [9.17, 15) is 4.79 Å². The van der Waals surface area contributed by atoms with Crippen LogP contribution in [-0.2, 0) is 0 Å². The van der Waals surface area contributed by atoms with Crippen LogP contribution in [0.2, 0.25) is 0 Å². The topological polar surface area (TPSA) is 74.6 Å². The quantitative estimate of drug-likeness (QED) is 0.511. The van der Waals surface area contributed by atoms with Gasteiger partial charge in [0.05, 0.1) is 17.3 Å². The van der Waals surface area contributed by atoms with E-state index in [0.29, 0.717) is 6.04 Å². The Morgan fingerprint density at radius 3 is 2.53 bits per heavy atom. The highest BCUT2D eigenvalue weighted by molar-refractivity contribution is 6.00. The highest BCUT2D eigenvalue weighted by Gasteiger charge is 2.32. The van der Waals surface area contributed by atoms with Crippen LogP contribution in [0, 0.1) is 20.8 Å². The Bertz CT molecular complexity index is 1180. The Morgan fingerprint density at radius 2 is 1.82 bits per heavy atom. The molecular formula is C27H38N6O. The van der Waals surface area contributed by atoms with Crippen molar-refractivity contribution in [3.8, 4) is 0 Å². The summed E-state index contributed by atoms with van der Waals surface area (Å²) >= 11 is 0. The number of rotatable bonds is 5. The van der Waals surface area contributed by atoms with E-state index < -0.39 is 0 Å². The lowest BCUT2D eigenvalue weighted by molar-refractivity contribution is 0.0606. The van der Waals surface area contributed by atoms with Crippen LogP contribution >= 0.6 is 0 Å². The van der Waals surface area contributed by atoms with E-state index in [1.54, 1.807) is 0 Å². The number of aryl methyl sites for hydroxylation is 2. The number of piperidine rings is 1. The van der Waals surface area contributed by atoms with Crippen LogP contribution in [0.5, 0.6) is 0 Å². The highest BCUT2D eigenvalue weighted by Crippen LogP contribution is 2.35. The lowest BCUT2D eigenvalue weighted by atomic mass is 9.97. The number of carbonyl (C=O) groups is 1. The third-order valence-electron chi connectivity index (χ3n) is 6.80. The van der Waals surface area contributed by atoms with Crippen molar-refractivity contribution in [1.29, 1.82) is 0 Å². The first-order valence-corrected chi connectivity index (χ1v) is 12.7. The molecule has 3 aromatic rings. The van der Waals surface area contributed by atoms with Gasteiger partial charge in [-0.15, -0.1) is 0 Å². The summed E-state index contributed by atoms with van der Waals surface area (Å²) in [6.07, 6.45) is 5.42. The second-order valence-electron chi connectivity index (χ2n) is 9.24. The Kier molecular flexibility index (Phi) is 7.10. The van der Waals surface area contributed by atoms with Gasteiger partial charge in [0.15, 0.2) is 5.65 Å². The molecule has 0 spiro atoms. The smallest absolute Gasteiger partial charge is 0.256 e. The zero-order chi connectivity index (χ0) is 24.4. The number of anilines is 2. The van der Waals surface area contributed by atoms with E-state index in [1.807, 2.05) is 62.4 Å². The van der Waals surface area contributed by atoms with Crippen molar-refractivity contribution in [2.24, 2.45) is 0 Å². The number of hydrogen-bond acceptors (Lipinski definition) is 5. The van der Waals surface area contributed by atoms with E-state index in [4.69, 9.17) is 10.1 Å². The molecule has 7 nitrogen and oxygen atoms in total. The largest absolute Gasteiger partial charge is 0.387 e. The van der Waals surface area contributed by atoms with Crippen LogP contribution in [-0.4, -0.2) is 45.0 Å². The van der Waals surface area contributed by atoms with Gasteiger partial charge in [-0.25, -0.2) is 4.98 Å². The molecule has 182 valence electrons. The number of fused-ring (bicyclic) bond motifs is 1. The molecule has 2 fully saturated rings. The van der Waals surface area contributed by atoms with E-state index in [-0.39, 0.29) is 11.9 Å². The van der Waals surface area contributed by atoms with Gasteiger partial charge in [-0.2, -0.15) is 9.61 Å². The molecule has 34 heavy (non-hydrogen) atoms. The molecule has 3 heterocycles. The molecule has 1 amide bonds. The predicted octanol–water partition coefficient (Wildman–Crippen LogP) is 5.66. The molecule has 2 aromatic heterocycles. The fraction of sp³-hybridized carbons (Fsp3) is 0.519. The zero-order valence-corrected chi connectivity index (χ0v) is 21.4. The van der Waals surface area contributed by atoms with E-state index in [2.05, 4.69) is 23.6 Å². The van der Waals surface area contributed by atoms with Crippen molar-refractivity contribution in [2.45, 2.75) is 78.8 Å². The molecule has 1 aliphatic heterocycles. The predicted molar refractivity (Wildman–Crippen MR) is 139 cm³/mol. The normalized spacial score (nSPS) is 17.8. The number of amides is 1. The molecule has 1 saturated carbocycles. The molecule has 5 rings (SSSR count). The Morgan fingerprint density at radius 1 is 1.06 bits per heavy atom. The van der Waals surface area contributed by atoms with Crippen molar-refractivity contribution >= 4 is 23.1 Å². The maximum Gasteiger partial charge on any atom is 0.256 e. The standard InChI is InChI=1S/C25H32N6O.C2H6/c1-15-8-11-20(26-4)19(13-15)25(32)30-12-6-5-7-22(30)21-14-23-27-17(3)16(2)24(31(23)29-21)28-18-9-10-18;1-2/h8,11,13-14,18,22,26,28H,5-7,9-10,12H2,1-4H3;1-2H3/t22-;/m0./s1. The molecule has 1 aliphatic carbocycles. The van der Waals surface area contributed by atoms with Gasteiger partial charge in [0.1, 0.15) is 5.82 Å². The average Bonchev–Trinajstić information content (AvgIpc) is 3.59. The van der Waals surface area contributed by atoms with Crippen molar-refractivity contribution < 1.29 is 4.79 Å². The summed E-state index contributed by atoms with van der Waals surface area (Å²) < 4.78 is 1.94. The van der Waals surface area contributed by atoms with Crippen molar-refractivity contribution in [3.63, 3.8) is 0 Å². The first-order valence-electron chi connectivity index (χ1n) is 12.7. The van der Waals surface area contributed by atoms with E-state index >= 15 is 0 Å². The number of carbonyl (C=O) groups excluding carboxylic acids is 1. The molecule has 7 heteroatoms. The lowest BCUT2D eigenvalue weighted by Crippen LogP contribution is -2.39. The van der Waals surface area contributed by atoms with Gasteiger partial charge >= 0.3 is 0 Å². The monoisotopic (exact) mass is 462 g/mol. The maximum absolute atomic E-state index is 13.7. The van der Waals surface area contributed by atoms with Gasteiger partial charge < -0.3 is 15.5 Å². The third kappa shape index (κ3) is 4.61. The zero-order valence-electron chi connectivity index (χ0n) is 21.4. The summed E-state index contributed by atoms with van der Waals surface area (Å²) in [6, 6.07) is 8.55. The second-order valence-corrected chi connectivity index (χ2v) is 9.24. The van der Waals surface area contributed by atoms with Crippen LogP contribution in [0.15, 0.2) is 24.3 Å². The molecule has 1 saturated heterocycles. The fourth-order valence-electron chi connectivity index (χ4n) is 4.66. The highest BCUT2D eigenvalue weighted by atomic mass is 16.2. The molecule has 1 atom stereocenters. The van der Waals surface area contributed by atoms with Gasteiger partial charge in [0.25, 0.3) is 5.91 Å². The molecule has 2 N–H and O–H groups in total. The Balaban J connectivity index is 0.00000133. The van der Waals surface area contributed by atoms with Gasteiger partial charge in [-0.3, -0.25) is 4.79 Å². The molecule has 0 radical (unpaired) electrons. The number of hydrogen-bond donors (Lipinski definition) is 2. The first-order chi connectivity index (χ1) is 16.5. The summed E-state index contributed by atoms with van der Waals surface area (Å²) in [6.45, 7) is 10.9. The van der Waals surface area contributed by atoms with Crippen molar-refractivity contribution in [3.05, 3.63) is 52.3 Å². The van der Waals surface area contributed by atoms with Crippen molar-refractivity contribution in [1.82, 2.24) is 19.5 Å². The number of nitrogens with one attached hydrogen (secondary N) is 2. The summed E-state index contributed by atoms with van der Waals surface area (Å²) in [5.41, 5.74) is 6.59. The van der Waals surface area contributed by atoms with Crippen LogP contribution in [0.1, 0.15) is 84.9 Å². The molecule has 0 bridgehead atoms. The van der Waals surface area contributed by atoms with Crippen LogP contribution < -0.4 is 10.6 Å². The molecule has 1 aromatic carbocycles. The van der Waals surface area contributed by atoms with Crippen LogP contribution in [0.4, 0.5) is 11.5 Å².